The molecule has 0 spiro atoms. The van der Waals surface area contributed by atoms with E-state index in [-0.39, 0.29) is 10.8 Å². The topological polar surface area (TPSA) is 57.2 Å². The number of pyridine rings is 1. The number of ether oxygens (including phenoxy) is 1. The second-order valence-corrected chi connectivity index (χ2v) is 7.86. The fraction of sp³-hybridized carbons (Fsp3) is 0.643. The molecule has 0 radical (unpaired) electrons. The molecule has 20 heavy (non-hydrogen) atoms. The number of rotatable bonds is 7. The van der Waals surface area contributed by atoms with Crippen LogP contribution in [0.3, 0.4) is 0 Å². The lowest BCUT2D eigenvalue weighted by atomic mass is 10.0. The van der Waals surface area contributed by atoms with Crippen molar-refractivity contribution in [3.05, 3.63) is 23.9 Å². The van der Waals surface area contributed by atoms with Crippen LogP contribution in [0.1, 0.15) is 45.2 Å². The average molecular weight is 319 g/mol. The second kappa shape index (κ2) is 8.08. The van der Waals surface area contributed by atoms with Gasteiger partial charge >= 0.3 is 0 Å². The smallest absolute Gasteiger partial charge is 0.217 e. The third-order valence-corrected chi connectivity index (χ3v) is 4.68. The van der Waals surface area contributed by atoms with Crippen molar-refractivity contribution in [3.63, 3.8) is 0 Å². The maximum absolute atomic E-state index is 12.3. The van der Waals surface area contributed by atoms with E-state index >= 15 is 0 Å². The molecule has 0 aliphatic heterocycles. The van der Waals surface area contributed by atoms with Gasteiger partial charge in [0.2, 0.25) is 5.88 Å². The molecule has 1 aromatic heterocycles. The Morgan fingerprint density at radius 2 is 2.20 bits per heavy atom. The van der Waals surface area contributed by atoms with Crippen LogP contribution in [0.25, 0.3) is 0 Å². The van der Waals surface area contributed by atoms with Crippen molar-refractivity contribution in [2.45, 2.75) is 44.4 Å². The predicted octanol–water partition coefficient (Wildman–Crippen LogP) is 3.20. The molecule has 114 valence electrons. The zero-order valence-electron chi connectivity index (χ0n) is 12.5. The normalized spacial score (nSPS) is 14.9. The Bertz CT molecular complexity index is 412. The Hall–Kier alpha value is -0.490. The first-order valence-corrected chi connectivity index (χ1v) is 8.31. The van der Waals surface area contributed by atoms with Gasteiger partial charge in [-0.2, -0.15) is 0 Å². The van der Waals surface area contributed by atoms with Gasteiger partial charge in [0.1, 0.15) is 4.75 Å². The molecule has 2 unspecified atom stereocenters. The summed E-state index contributed by atoms with van der Waals surface area (Å²) < 4.78 is 20.5. The van der Waals surface area contributed by atoms with Crippen molar-refractivity contribution in [1.29, 1.82) is 0 Å². The van der Waals surface area contributed by atoms with E-state index in [9.17, 15) is 4.55 Å². The molecule has 1 heterocycles. The van der Waals surface area contributed by atoms with Gasteiger partial charge in [0.15, 0.2) is 0 Å². The Balaban J connectivity index is 2.94. The molecule has 0 bridgehead atoms. The highest BCUT2D eigenvalue weighted by Crippen LogP contribution is 2.28. The maximum atomic E-state index is 12.3. The zero-order valence-corrected chi connectivity index (χ0v) is 14.1. The number of nitrogens with one attached hydrogen (secondary N) is 1. The lowest BCUT2D eigenvalue weighted by Crippen LogP contribution is -2.41. The summed E-state index contributed by atoms with van der Waals surface area (Å²) >= 11 is 4.62. The van der Waals surface area contributed by atoms with Gasteiger partial charge in [-0.05, 0) is 39.7 Å². The number of hydrogen-bond donors (Lipinski definition) is 1. The molecule has 6 heteroatoms. The summed E-state index contributed by atoms with van der Waals surface area (Å²) in [5, 5.41) is 0. The number of aromatic nitrogens is 1. The van der Waals surface area contributed by atoms with Gasteiger partial charge in [0.25, 0.3) is 0 Å². The standard InChI is InChI=1S/C14H23ClN2O2S/c1-14(2,3)20(18)17-12(8-5-9-15)11-7-6-10-16-13(11)19-4/h6-7,10,12,17H,5,8-9H2,1-4H3. The van der Waals surface area contributed by atoms with Crippen LogP contribution in [0.15, 0.2) is 18.3 Å². The first-order chi connectivity index (χ1) is 9.40. The molecular formula is C14H23ClN2O2S. The Kier molecular flexibility index (Phi) is 7.09. The van der Waals surface area contributed by atoms with E-state index < -0.39 is 11.4 Å². The highest BCUT2D eigenvalue weighted by molar-refractivity contribution is 7.90. The van der Waals surface area contributed by atoms with Crippen molar-refractivity contribution < 1.29 is 9.29 Å². The van der Waals surface area contributed by atoms with E-state index in [1.807, 2.05) is 32.9 Å². The Labute approximate surface area is 129 Å². The third kappa shape index (κ3) is 5.13. The fourth-order valence-corrected chi connectivity index (χ4v) is 2.72. The van der Waals surface area contributed by atoms with E-state index in [1.165, 1.54) is 0 Å². The van der Waals surface area contributed by atoms with Crippen LogP contribution >= 0.6 is 11.6 Å². The van der Waals surface area contributed by atoms with Crippen LogP contribution in [-0.4, -0.2) is 27.3 Å². The van der Waals surface area contributed by atoms with Gasteiger partial charge in [-0.3, -0.25) is 0 Å². The summed E-state index contributed by atoms with van der Waals surface area (Å²) in [4.78, 5) is 4.20. The molecule has 4 nitrogen and oxygen atoms in total. The highest BCUT2D eigenvalue weighted by Gasteiger charge is 2.30. The maximum Gasteiger partial charge on any atom is 0.217 e. The van der Waals surface area contributed by atoms with Crippen LogP contribution in [0.4, 0.5) is 0 Å². The molecule has 0 saturated heterocycles. The van der Waals surface area contributed by atoms with Gasteiger partial charge in [-0.25, -0.2) is 4.98 Å². The number of methoxy groups -OCH3 is 1. The summed E-state index contributed by atoms with van der Waals surface area (Å²) in [5.41, 5.74) is 0.915. The molecular weight excluding hydrogens is 296 g/mol. The van der Waals surface area contributed by atoms with E-state index in [0.717, 1.165) is 18.4 Å². The largest absolute Gasteiger partial charge is 0.598 e. The quantitative estimate of drug-likeness (QED) is 0.619. The molecule has 0 fully saturated rings. The van der Waals surface area contributed by atoms with E-state index in [0.29, 0.717) is 11.8 Å². The number of hydrogen-bond acceptors (Lipinski definition) is 4. The molecule has 0 aromatic carbocycles. The summed E-state index contributed by atoms with van der Waals surface area (Å²) in [6, 6.07) is 3.71. The summed E-state index contributed by atoms with van der Waals surface area (Å²) in [7, 11) is 1.59. The molecule has 1 rings (SSSR count). The van der Waals surface area contributed by atoms with E-state index in [4.69, 9.17) is 16.3 Å². The summed E-state index contributed by atoms with van der Waals surface area (Å²) in [6.45, 7) is 5.82. The van der Waals surface area contributed by atoms with Gasteiger partial charge in [0.05, 0.1) is 13.2 Å². The minimum atomic E-state index is -1.16. The van der Waals surface area contributed by atoms with Gasteiger partial charge in [-0.1, -0.05) is 6.07 Å². The molecule has 0 aliphatic carbocycles. The van der Waals surface area contributed by atoms with Crippen molar-refractivity contribution in [1.82, 2.24) is 9.71 Å². The Morgan fingerprint density at radius 1 is 1.50 bits per heavy atom. The molecule has 0 saturated carbocycles. The number of alkyl halides is 1. The van der Waals surface area contributed by atoms with E-state index in [1.54, 1.807) is 13.3 Å². The van der Waals surface area contributed by atoms with Crippen LogP contribution in [0.5, 0.6) is 5.88 Å². The van der Waals surface area contributed by atoms with Crippen molar-refractivity contribution in [3.8, 4) is 5.88 Å². The molecule has 1 N–H and O–H groups in total. The minimum Gasteiger partial charge on any atom is -0.598 e. The van der Waals surface area contributed by atoms with Crippen LogP contribution in [0, 0.1) is 0 Å². The van der Waals surface area contributed by atoms with E-state index in [2.05, 4.69) is 9.71 Å². The average Bonchev–Trinajstić information content (AvgIpc) is 2.42. The van der Waals surface area contributed by atoms with Crippen molar-refractivity contribution in [2.75, 3.05) is 13.0 Å². The third-order valence-electron chi connectivity index (χ3n) is 2.80. The molecule has 2 atom stereocenters. The molecule has 1 aromatic rings. The molecule has 0 aliphatic rings. The van der Waals surface area contributed by atoms with Gasteiger partial charge < -0.3 is 9.29 Å². The Morgan fingerprint density at radius 3 is 2.75 bits per heavy atom. The zero-order chi connectivity index (χ0) is 15.2. The fourth-order valence-electron chi connectivity index (χ4n) is 1.70. The minimum absolute atomic E-state index is 0.0857. The number of halogens is 1. The monoisotopic (exact) mass is 318 g/mol. The second-order valence-electron chi connectivity index (χ2n) is 5.48. The number of nitrogens with zero attached hydrogens (tertiary/aromatic N) is 1. The summed E-state index contributed by atoms with van der Waals surface area (Å²) in [6.07, 6.45) is 3.30. The molecule has 0 amide bonds. The SMILES string of the molecule is COc1ncccc1C(CCCCl)N[S+]([O-])C(C)(C)C. The van der Waals surface area contributed by atoms with Crippen LogP contribution < -0.4 is 9.46 Å². The van der Waals surface area contributed by atoms with Crippen molar-refractivity contribution in [2.24, 2.45) is 0 Å². The van der Waals surface area contributed by atoms with Crippen LogP contribution in [0.2, 0.25) is 0 Å². The summed E-state index contributed by atoms with van der Waals surface area (Å²) in [5.74, 6) is 1.13. The lowest BCUT2D eigenvalue weighted by molar-refractivity contribution is 0.384. The predicted molar refractivity (Wildman–Crippen MR) is 84.5 cm³/mol. The first-order valence-electron chi connectivity index (χ1n) is 6.63. The highest BCUT2D eigenvalue weighted by atomic mass is 35.5. The van der Waals surface area contributed by atoms with Gasteiger partial charge in [0, 0.05) is 29.0 Å². The first kappa shape index (κ1) is 17.6. The van der Waals surface area contributed by atoms with Crippen LogP contribution in [-0.2, 0) is 11.4 Å². The van der Waals surface area contributed by atoms with Crippen molar-refractivity contribution >= 4 is 23.0 Å². The van der Waals surface area contributed by atoms with Gasteiger partial charge in [-0.15, -0.1) is 16.3 Å². The lowest BCUT2D eigenvalue weighted by Gasteiger charge is -2.28.